The summed E-state index contributed by atoms with van der Waals surface area (Å²) in [6.45, 7) is 1.73. The van der Waals surface area contributed by atoms with Crippen molar-refractivity contribution in [1.29, 1.82) is 0 Å². The van der Waals surface area contributed by atoms with Gasteiger partial charge >= 0.3 is 12.4 Å². The van der Waals surface area contributed by atoms with Crippen LogP contribution in [0.25, 0.3) is 0 Å². The first-order valence-corrected chi connectivity index (χ1v) is 11.6. The third-order valence-corrected chi connectivity index (χ3v) is 6.46. The minimum absolute atomic E-state index is 0.139. The number of halogens is 7. The van der Waals surface area contributed by atoms with Gasteiger partial charge in [0.25, 0.3) is 0 Å². The molecule has 2 aromatic heterocycles. The molecule has 2 aliphatic heterocycles. The van der Waals surface area contributed by atoms with E-state index in [1.165, 1.54) is 0 Å². The maximum atomic E-state index is 13.5. The molecule has 15 heteroatoms. The van der Waals surface area contributed by atoms with Gasteiger partial charge in [0, 0.05) is 57.6 Å². The molecule has 0 radical (unpaired) electrons. The Morgan fingerprint density at radius 3 is 2.25 bits per heavy atom. The van der Waals surface area contributed by atoms with Crippen LogP contribution in [-0.2, 0) is 17.1 Å². The van der Waals surface area contributed by atoms with Gasteiger partial charge in [-0.25, -0.2) is 9.97 Å². The molecule has 4 heterocycles. The number of carbonyl (C=O) groups excluding carboxylic acids is 1. The third kappa shape index (κ3) is 5.90. The van der Waals surface area contributed by atoms with E-state index in [0.29, 0.717) is 52.0 Å². The number of anilines is 2. The summed E-state index contributed by atoms with van der Waals surface area (Å²) in [6, 6.07) is 0.456. The molecule has 0 saturated carbocycles. The van der Waals surface area contributed by atoms with Gasteiger partial charge in [-0.2, -0.15) is 26.3 Å². The average molecular weight is 538 g/mol. The summed E-state index contributed by atoms with van der Waals surface area (Å²) in [5.41, 5.74) is -1.89. The number of hydrogen-bond donors (Lipinski definition) is 0. The van der Waals surface area contributed by atoms with Crippen LogP contribution in [0.15, 0.2) is 18.5 Å². The highest BCUT2D eigenvalue weighted by Gasteiger charge is 2.39. The first-order valence-electron chi connectivity index (χ1n) is 11.2. The van der Waals surface area contributed by atoms with E-state index in [4.69, 9.17) is 11.6 Å². The van der Waals surface area contributed by atoms with E-state index in [1.807, 2.05) is 0 Å². The van der Waals surface area contributed by atoms with Crippen LogP contribution in [0.2, 0.25) is 5.15 Å². The van der Waals surface area contributed by atoms with Gasteiger partial charge in [-0.3, -0.25) is 4.79 Å². The first-order chi connectivity index (χ1) is 16.9. The Morgan fingerprint density at radius 1 is 0.972 bits per heavy atom. The number of rotatable bonds is 5. The molecule has 196 valence electrons. The molecule has 2 aliphatic rings. The largest absolute Gasteiger partial charge is 0.420 e. The van der Waals surface area contributed by atoms with Gasteiger partial charge in [-0.1, -0.05) is 11.6 Å². The molecule has 0 N–H and O–H groups in total. The van der Waals surface area contributed by atoms with Crippen molar-refractivity contribution < 1.29 is 31.1 Å². The number of nitrogens with zero attached hydrogens (tertiary/aromatic N) is 7. The molecule has 0 aromatic carbocycles. The monoisotopic (exact) mass is 537 g/mol. The predicted molar refractivity (Wildman–Crippen MR) is 117 cm³/mol. The summed E-state index contributed by atoms with van der Waals surface area (Å²) in [7, 11) is 0. The molecular weight excluding hydrogens is 516 g/mol. The zero-order chi connectivity index (χ0) is 26.1. The van der Waals surface area contributed by atoms with Crippen LogP contribution < -0.4 is 9.80 Å². The van der Waals surface area contributed by atoms with E-state index in [1.54, 1.807) is 14.7 Å². The van der Waals surface area contributed by atoms with Crippen LogP contribution in [0.4, 0.5) is 38.1 Å². The fraction of sp³-hybridized carbons (Fsp3) is 0.571. The van der Waals surface area contributed by atoms with Crippen molar-refractivity contribution in [1.82, 2.24) is 25.1 Å². The summed E-state index contributed by atoms with van der Waals surface area (Å²) in [4.78, 5) is 25.2. The topological polar surface area (TPSA) is 78.4 Å². The van der Waals surface area contributed by atoms with Crippen LogP contribution in [0, 0.1) is 0 Å². The minimum atomic E-state index is -4.64. The Balaban J connectivity index is 1.32. The maximum Gasteiger partial charge on any atom is 0.420 e. The van der Waals surface area contributed by atoms with Crippen molar-refractivity contribution in [3.05, 3.63) is 34.7 Å². The van der Waals surface area contributed by atoms with E-state index in [2.05, 4.69) is 20.2 Å². The lowest BCUT2D eigenvalue weighted by Gasteiger charge is -2.35. The lowest BCUT2D eigenvalue weighted by Crippen LogP contribution is -2.49. The fourth-order valence-corrected chi connectivity index (χ4v) is 4.58. The molecule has 0 spiro atoms. The second kappa shape index (κ2) is 10.2. The zero-order valence-corrected chi connectivity index (χ0v) is 19.6. The minimum Gasteiger partial charge on any atom is -0.352 e. The molecule has 2 saturated heterocycles. The molecule has 1 atom stereocenters. The Hall–Kier alpha value is -2.90. The van der Waals surface area contributed by atoms with Gasteiger partial charge in [0.1, 0.15) is 5.56 Å². The van der Waals surface area contributed by atoms with E-state index in [0.717, 1.165) is 18.5 Å². The lowest BCUT2D eigenvalue weighted by atomic mass is 10.1. The summed E-state index contributed by atoms with van der Waals surface area (Å²) >= 11 is 5.63. The molecule has 2 fully saturated rings. The summed E-state index contributed by atoms with van der Waals surface area (Å²) in [6.07, 6.45) is -5.95. The van der Waals surface area contributed by atoms with Gasteiger partial charge in [-0.05, 0) is 25.3 Å². The molecule has 1 unspecified atom stereocenters. The third-order valence-electron chi connectivity index (χ3n) is 6.27. The molecule has 8 nitrogen and oxygen atoms in total. The smallest absolute Gasteiger partial charge is 0.352 e. The van der Waals surface area contributed by atoms with Crippen molar-refractivity contribution in [3.8, 4) is 0 Å². The van der Waals surface area contributed by atoms with E-state index < -0.39 is 23.5 Å². The predicted octanol–water partition coefficient (Wildman–Crippen LogP) is 4.06. The highest BCUT2D eigenvalue weighted by Crippen LogP contribution is 2.39. The molecule has 4 rings (SSSR count). The standard InChI is InChI=1S/C21H22ClF6N7O/c22-16-10-15(21(26,27)28)18(32-31-16)35-5-1-2-14(35)3-4-17(36)33-6-8-34(9-7-33)19-29-11-13(12-30-19)20(23,24)25/h10-12,14H,1-9H2. The van der Waals surface area contributed by atoms with Crippen LogP contribution in [0.1, 0.15) is 36.8 Å². The quantitative estimate of drug-likeness (QED) is 0.532. The molecule has 36 heavy (non-hydrogen) atoms. The SMILES string of the molecule is O=C(CCC1CCCN1c1nnc(Cl)cc1C(F)(F)F)N1CCN(c2ncc(C(F)(F)F)cn2)CC1. The number of amides is 1. The van der Waals surface area contributed by atoms with Crippen molar-refractivity contribution in [3.63, 3.8) is 0 Å². The normalized spacial score (nSPS) is 19.2. The van der Waals surface area contributed by atoms with Crippen LogP contribution in [0.5, 0.6) is 0 Å². The summed E-state index contributed by atoms with van der Waals surface area (Å²) in [5.74, 6) is -0.277. The van der Waals surface area contributed by atoms with Gasteiger partial charge in [0.2, 0.25) is 11.9 Å². The Labute approximate surface area is 207 Å². The van der Waals surface area contributed by atoms with Crippen LogP contribution >= 0.6 is 11.6 Å². The van der Waals surface area contributed by atoms with Crippen LogP contribution in [0.3, 0.4) is 0 Å². The number of hydrogen-bond acceptors (Lipinski definition) is 7. The second-order valence-corrected chi connectivity index (χ2v) is 8.95. The number of alkyl halides is 6. The average Bonchev–Trinajstić information content (AvgIpc) is 3.30. The van der Waals surface area contributed by atoms with Crippen LogP contribution in [-0.4, -0.2) is 69.7 Å². The van der Waals surface area contributed by atoms with Gasteiger partial charge in [0.15, 0.2) is 11.0 Å². The van der Waals surface area contributed by atoms with Gasteiger partial charge < -0.3 is 14.7 Å². The van der Waals surface area contributed by atoms with Crippen molar-refractivity contribution in [2.45, 2.75) is 44.1 Å². The molecular formula is C21H22ClF6N7O. The van der Waals surface area contributed by atoms with Crippen molar-refractivity contribution in [2.75, 3.05) is 42.5 Å². The summed E-state index contributed by atoms with van der Waals surface area (Å²) < 4.78 is 78.6. The van der Waals surface area contributed by atoms with E-state index in [-0.39, 0.29) is 35.3 Å². The van der Waals surface area contributed by atoms with Crippen molar-refractivity contribution >= 4 is 29.3 Å². The van der Waals surface area contributed by atoms with Gasteiger partial charge in [-0.15, -0.1) is 10.2 Å². The second-order valence-electron chi connectivity index (χ2n) is 8.57. The molecule has 2 aromatic rings. The molecule has 0 aliphatic carbocycles. The van der Waals surface area contributed by atoms with E-state index >= 15 is 0 Å². The van der Waals surface area contributed by atoms with Gasteiger partial charge in [0.05, 0.1) is 5.56 Å². The fourth-order valence-electron chi connectivity index (χ4n) is 4.43. The van der Waals surface area contributed by atoms with Crippen molar-refractivity contribution in [2.24, 2.45) is 0 Å². The zero-order valence-electron chi connectivity index (χ0n) is 18.9. The molecule has 1 amide bonds. The Kier molecular flexibility index (Phi) is 7.43. The molecule has 0 bridgehead atoms. The highest BCUT2D eigenvalue weighted by molar-refractivity contribution is 6.29. The number of piperazine rings is 1. The maximum absolute atomic E-state index is 13.5. The number of aromatic nitrogens is 4. The number of carbonyl (C=O) groups is 1. The first kappa shape index (κ1) is 26.2. The van der Waals surface area contributed by atoms with E-state index in [9.17, 15) is 31.1 Å². The highest BCUT2D eigenvalue weighted by atomic mass is 35.5. The summed E-state index contributed by atoms with van der Waals surface area (Å²) in [5, 5.41) is 6.93. The Bertz CT molecular complexity index is 1070. The lowest BCUT2D eigenvalue weighted by molar-refractivity contribution is -0.138. The Morgan fingerprint density at radius 2 is 1.64 bits per heavy atom.